The van der Waals surface area contributed by atoms with Gasteiger partial charge in [-0.05, 0) is 56.2 Å². The molecule has 1 aromatic carbocycles. The van der Waals surface area contributed by atoms with Crippen molar-refractivity contribution in [2.45, 2.75) is 58.5 Å². The maximum absolute atomic E-state index is 13.5. The molecule has 0 bridgehead atoms. The second kappa shape index (κ2) is 10.0. The van der Waals surface area contributed by atoms with E-state index in [0.29, 0.717) is 36.8 Å². The van der Waals surface area contributed by atoms with Crippen molar-refractivity contribution in [2.75, 3.05) is 0 Å². The number of carbonyl (C=O) groups excluding carboxylic acids is 2. The van der Waals surface area contributed by atoms with Crippen molar-refractivity contribution in [3.63, 3.8) is 0 Å². The highest BCUT2D eigenvalue weighted by atomic mass is 19.1. The number of amides is 2. The van der Waals surface area contributed by atoms with Crippen LogP contribution in [0, 0.1) is 6.92 Å². The molecule has 1 aromatic rings. The van der Waals surface area contributed by atoms with Crippen molar-refractivity contribution in [2.24, 2.45) is 0 Å². The smallest absolute Gasteiger partial charge is 0.258 e. The lowest BCUT2D eigenvalue weighted by molar-refractivity contribution is -0.126. The maximum Gasteiger partial charge on any atom is 0.258 e. The van der Waals surface area contributed by atoms with Gasteiger partial charge in [-0.3, -0.25) is 14.9 Å². The molecule has 1 unspecified atom stereocenters. The van der Waals surface area contributed by atoms with Crippen molar-refractivity contribution in [1.29, 1.82) is 0 Å². The van der Waals surface area contributed by atoms with Crippen LogP contribution >= 0.6 is 0 Å². The number of alkyl halides is 1. The van der Waals surface area contributed by atoms with Crippen molar-refractivity contribution in [3.8, 4) is 0 Å². The van der Waals surface area contributed by atoms with E-state index in [2.05, 4.69) is 11.9 Å². The summed E-state index contributed by atoms with van der Waals surface area (Å²) in [5, 5.41) is 2.45. The molecule has 4 heteroatoms. The maximum atomic E-state index is 13.5. The average Bonchev–Trinajstić information content (AvgIpc) is 2.66. The van der Waals surface area contributed by atoms with Crippen LogP contribution in [0.1, 0.15) is 56.6 Å². The minimum atomic E-state index is -0.868. The molecule has 1 N–H and O–H groups in total. The zero-order valence-electron chi connectivity index (χ0n) is 16.2. The summed E-state index contributed by atoms with van der Waals surface area (Å²) in [4.78, 5) is 25.1. The van der Waals surface area contributed by atoms with E-state index in [1.165, 1.54) is 0 Å². The summed E-state index contributed by atoms with van der Waals surface area (Å²) in [6.45, 7) is 7.80. The number of hydrogen-bond acceptors (Lipinski definition) is 2. The molecule has 0 fully saturated rings. The van der Waals surface area contributed by atoms with Gasteiger partial charge in [-0.1, -0.05) is 55.8 Å². The molecule has 1 aliphatic carbocycles. The monoisotopic (exact) mass is 369 g/mol. The van der Waals surface area contributed by atoms with E-state index < -0.39 is 18.0 Å². The van der Waals surface area contributed by atoms with Gasteiger partial charge < -0.3 is 0 Å². The second-order valence-corrected chi connectivity index (χ2v) is 7.06. The highest BCUT2D eigenvalue weighted by molar-refractivity contribution is 6.13. The SMILES string of the molecule is C=C(CCCC)C(=O)NC(=O)/C(=C/c1ccc(C)cc1)C1=CCC(F)CC1. The molecule has 27 heavy (non-hydrogen) atoms. The fourth-order valence-corrected chi connectivity index (χ4v) is 2.94. The first-order valence-corrected chi connectivity index (χ1v) is 9.56. The van der Waals surface area contributed by atoms with Crippen LogP contribution in [0.25, 0.3) is 6.08 Å². The Labute approximate surface area is 161 Å². The molecule has 144 valence electrons. The molecule has 0 heterocycles. The normalized spacial score (nSPS) is 17.2. The predicted octanol–water partition coefficient (Wildman–Crippen LogP) is 5.22. The van der Waals surface area contributed by atoms with Gasteiger partial charge in [0, 0.05) is 11.1 Å². The molecule has 1 atom stereocenters. The number of halogens is 1. The molecular weight excluding hydrogens is 341 g/mol. The van der Waals surface area contributed by atoms with Crippen LogP contribution in [-0.2, 0) is 9.59 Å². The van der Waals surface area contributed by atoms with Crippen molar-refractivity contribution >= 4 is 17.9 Å². The van der Waals surface area contributed by atoms with Gasteiger partial charge in [0.05, 0.1) is 0 Å². The van der Waals surface area contributed by atoms with Crippen LogP contribution < -0.4 is 5.32 Å². The molecule has 0 aromatic heterocycles. The van der Waals surface area contributed by atoms with Gasteiger partial charge >= 0.3 is 0 Å². The Morgan fingerprint density at radius 1 is 1.26 bits per heavy atom. The lowest BCUT2D eigenvalue weighted by Crippen LogP contribution is -2.33. The Balaban J connectivity index is 2.23. The van der Waals surface area contributed by atoms with Crippen LogP contribution in [-0.4, -0.2) is 18.0 Å². The van der Waals surface area contributed by atoms with E-state index in [4.69, 9.17) is 0 Å². The van der Waals surface area contributed by atoms with E-state index in [-0.39, 0.29) is 0 Å². The Kier molecular flexibility index (Phi) is 7.71. The lowest BCUT2D eigenvalue weighted by Gasteiger charge is -2.18. The minimum absolute atomic E-state index is 0.297. The number of hydrogen-bond donors (Lipinski definition) is 1. The van der Waals surface area contributed by atoms with Gasteiger partial charge in [-0.2, -0.15) is 0 Å². The molecule has 2 amide bonds. The van der Waals surface area contributed by atoms with Gasteiger partial charge in [-0.15, -0.1) is 0 Å². The fraction of sp³-hybridized carbons (Fsp3) is 0.391. The van der Waals surface area contributed by atoms with Gasteiger partial charge in [0.1, 0.15) is 6.17 Å². The average molecular weight is 369 g/mol. The number of imide groups is 1. The third-order valence-corrected chi connectivity index (χ3v) is 4.71. The molecule has 0 spiro atoms. The Bertz CT molecular complexity index is 759. The first kappa shape index (κ1) is 20.8. The Morgan fingerprint density at radius 2 is 1.96 bits per heavy atom. The molecule has 2 rings (SSSR count). The summed E-state index contributed by atoms with van der Waals surface area (Å²) in [6.07, 6.45) is 6.22. The standard InChI is InChI=1S/C23H28FNO2/c1-4-5-6-17(3)22(26)25-23(27)21(19-11-13-20(24)14-12-19)15-18-9-7-16(2)8-10-18/h7-11,15,20H,3-6,12-14H2,1-2H3,(H,25,26,27)/b21-15+. The minimum Gasteiger partial charge on any atom is -0.288 e. The quantitative estimate of drug-likeness (QED) is 0.670. The van der Waals surface area contributed by atoms with E-state index in [1.807, 2.05) is 38.1 Å². The second-order valence-electron chi connectivity index (χ2n) is 7.06. The lowest BCUT2D eigenvalue weighted by atomic mass is 9.90. The summed E-state index contributed by atoms with van der Waals surface area (Å²) in [5.41, 5.74) is 3.60. The van der Waals surface area contributed by atoms with Gasteiger partial charge in [0.25, 0.3) is 11.8 Å². The summed E-state index contributed by atoms with van der Waals surface area (Å²) >= 11 is 0. The zero-order valence-corrected chi connectivity index (χ0v) is 16.2. The first-order valence-electron chi connectivity index (χ1n) is 9.56. The van der Waals surface area contributed by atoms with E-state index in [0.717, 1.165) is 29.5 Å². The van der Waals surface area contributed by atoms with Crippen molar-refractivity contribution < 1.29 is 14.0 Å². The van der Waals surface area contributed by atoms with Gasteiger partial charge in [0.15, 0.2) is 0 Å². The first-order chi connectivity index (χ1) is 12.9. The summed E-state index contributed by atoms with van der Waals surface area (Å²) < 4.78 is 13.5. The molecular formula is C23H28FNO2. The van der Waals surface area contributed by atoms with Crippen LogP contribution in [0.3, 0.4) is 0 Å². The largest absolute Gasteiger partial charge is 0.288 e. The number of rotatable bonds is 7. The fourth-order valence-electron chi connectivity index (χ4n) is 2.94. The molecule has 0 saturated carbocycles. The number of nitrogens with one attached hydrogen (secondary N) is 1. The summed E-state index contributed by atoms with van der Waals surface area (Å²) in [6, 6.07) is 7.77. The molecule has 0 saturated heterocycles. The van der Waals surface area contributed by atoms with Crippen LogP contribution in [0.2, 0.25) is 0 Å². The number of carbonyl (C=O) groups is 2. The molecule has 0 radical (unpaired) electrons. The number of unbranched alkanes of at least 4 members (excludes halogenated alkanes) is 1. The molecule has 3 nitrogen and oxygen atoms in total. The third kappa shape index (κ3) is 6.31. The van der Waals surface area contributed by atoms with Crippen molar-refractivity contribution in [1.82, 2.24) is 5.32 Å². The number of allylic oxidation sites excluding steroid dienone is 1. The summed E-state index contributed by atoms with van der Waals surface area (Å²) in [7, 11) is 0. The number of aryl methyl sites for hydroxylation is 1. The Morgan fingerprint density at radius 3 is 2.56 bits per heavy atom. The molecule has 1 aliphatic rings. The topological polar surface area (TPSA) is 46.2 Å². The molecule has 0 aliphatic heterocycles. The van der Waals surface area contributed by atoms with E-state index in [1.54, 1.807) is 12.2 Å². The Hall–Kier alpha value is -2.49. The highest BCUT2D eigenvalue weighted by Gasteiger charge is 2.22. The zero-order chi connectivity index (χ0) is 19.8. The van der Waals surface area contributed by atoms with Gasteiger partial charge in [0.2, 0.25) is 0 Å². The third-order valence-electron chi connectivity index (χ3n) is 4.71. The predicted molar refractivity (Wildman–Crippen MR) is 108 cm³/mol. The van der Waals surface area contributed by atoms with E-state index in [9.17, 15) is 14.0 Å². The number of benzene rings is 1. The van der Waals surface area contributed by atoms with Crippen LogP contribution in [0.5, 0.6) is 0 Å². The van der Waals surface area contributed by atoms with Crippen LogP contribution in [0.15, 0.2) is 53.6 Å². The highest BCUT2D eigenvalue weighted by Crippen LogP contribution is 2.27. The van der Waals surface area contributed by atoms with Crippen molar-refractivity contribution in [3.05, 3.63) is 64.8 Å². The van der Waals surface area contributed by atoms with E-state index >= 15 is 0 Å². The van der Waals surface area contributed by atoms with Crippen LogP contribution in [0.4, 0.5) is 4.39 Å². The van der Waals surface area contributed by atoms with Gasteiger partial charge in [-0.25, -0.2) is 4.39 Å². The summed E-state index contributed by atoms with van der Waals surface area (Å²) in [5.74, 6) is -0.898.